The van der Waals surface area contributed by atoms with Gasteiger partial charge in [0.2, 0.25) is 0 Å². The molecule has 10 N–H and O–H groups in total. The number of hydrogen-bond donors (Lipinski definition) is 8. The highest BCUT2D eigenvalue weighted by Crippen LogP contribution is 2.60. The van der Waals surface area contributed by atoms with Gasteiger partial charge in [0.05, 0.1) is 13.2 Å². The van der Waals surface area contributed by atoms with Crippen molar-refractivity contribution in [1.82, 2.24) is 19.5 Å². The molecule has 24 heteroatoms. The molecule has 21 nitrogen and oxygen atoms in total. The number of fused-ring (bicyclic) bond motifs is 1. The van der Waals surface area contributed by atoms with Gasteiger partial charge in [-0.1, -0.05) is 18.7 Å². The number of anilines is 1. The molecule has 5 rings (SSSR count). The fourth-order valence-corrected chi connectivity index (χ4v) is 7.70. The van der Waals surface area contributed by atoms with Crippen molar-refractivity contribution >= 4 is 50.3 Å². The molecule has 5 heterocycles. The molecule has 3 aromatic heterocycles. The predicted molar refractivity (Wildman–Crippen MR) is 156 cm³/mol. The van der Waals surface area contributed by atoms with Crippen LogP contribution >= 0.6 is 27.4 Å². The Kier molecular flexibility index (Phi) is 10.7. The number of thioether (sulfide) groups is 1. The summed E-state index contributed by atoms with van der Waals surface area (Å²) < 4.78 is 52.7. The minimum atomic E-state index is -5.39. The second-order valence-corrected chi connectivity index (χ2v) is 14.5. The van der Waals surface area contributed by atoms with Gasteiger partial charge >= 0.3 is 15.6 Å². The van der Waals surface area contributed by atoms with Gasteiger partial charge in [-0.05, 0) is 11.8 Å². The van der Waals surface area contributed by atoms with Gasteiger partial charge in [-0.2, -0.15) is 8.88 Å². The average Bonchev–Trinajstić information content (AvgIpc) is 3.62. The molecule has 2 fully saturated rings. The molecule has 47 heavy (non-hydrogen) atoms. The van der Waals surface area contributed by atoms with Gasteiger partial charge in [0.25, 0.3) is 12.1 Å². The largest absolute Gasteiger partial charge is 0.481 e. The Morgan fingerprint density at radius 2 is 1.68 bits per heavy atom. The molecule has 2 aliphatic heterocycles. The van der Waals surface area contributed by atoms with Gasteiger partial charge in [0, 0.05) is 6.07 Å². The van der Waals surface area contributed by atoms with E-state index < -0.39 is 83.8 Å². The molecule has 0 saturated carbocycles. The number of imidazole rings is 1. The van der Waals surface area contributed by atoms with E-state index in [9.17, 15) is 44.1 Å². The van der Waals surface area contributed by atoms with Crippen LogP contribution in [0.25, 0.3) is 11.2 Å². The van der Waals surface area contributed by atoms with E-state index in [-0.39, 0.29) is 22.5 Å². The number of aliphatic hydroxyl groups is 4. The first-order valence-corrected chi connectivity index (χ1v) is 17.7. The number of nitrogens with zero attached hydrogens (tertiary/aromatic N) is 5. The van der Waals surface area contributed by atoms with Crippen LogP contribution in [0, 0.1) is 0 Å². The van der Waals surface area contributed by atoms with Crippen LogP contribution in [-0.2, 0) is 32.0 Å². The van der Waals surface area contributed by atoms with Crippen LogP contribution in [0.4, 0.5) is 5.82 Å². The summed E-state index contributed by atoms with van der Waals surface area (Å²) in [5.74, 6) is -0.147. The molecular weight excluding hydrogens is 692 g/mol. The van der Waals surface area contributed by atoms with Crippen molar-refractivity contribution in [2.45, 2.75) is 61.2 Å². The number of ether oxygens (including phenoxy) is 2. The third-order valence-electron chi connectivity index (χ3n) is 7.09. The number of nitrogens with two attached hydrogens (primary N) is 2. The smallest absolute Gasteiger partial charge is 0.387 e. The van der Waals surface area contributed by atoms with Crippen molar-refractivity contribution in [1.29, 1.82) is 0 Å². The fourth-order valence-electron chi connectivity index (χ4n) is 4.87. The Morgan fingerprint density at radius 3 is 2.32 bits per heavy atom. The molecular formula is C23H32N7O14P2S+. The number of carbonyl (C=O) groups excluding carboxylic acids is 1. The van der Waals surface area contributed by atoms with E-state index in [0.29, 0.717) is 10.9 Å². The van der Waals surface area contributed by atoms with Gasteiger partial charge in [-0.25, -0.2) is 24.1 Å². The SMILES string of the molecule is CCSc1nc2c(N)ncnc2n1[C@@H]1O[C@H](COP(=O)(O)OP(=O)(O)OC[C@H]2O[C@@H]([n+]3cccc(C(N)=O)c3)[C@H](O)[C@@H]2O)[C@@H](O)[C@H]1O. The Balaban J connectivity index is 1.19. The summed E-state index contributed by atoms with van der Waals surface area (Å²) in [5, 5.41) is 42.5. The number of carbonyl (C=O) groups is 1. The first-order valence-electron chi connectivity index (χ1n) is 13.7. The Morgan fingerprint density at radius 1 is 1.04 bits per heavy atom. The molecule has 258 valence electrons. The van der Waals surface area contributed by atoms with Crippen LogP contribution in [0.1, 0.15) is 29.7 Å². The van der Waals surface area contributed by atoms with Gasteiger partial charge in [0.1, 0.15) is 42.4 Å². The lowest BCUT2D eigenvalue weighted by Gasteiger charge is -2.20. The standard InChI is InChI=1S/C23H31N7O14P2S/c1-2-47-23-28-13-18(24)26-9-27-20(13)30(23)22-17(34)15(32)12(43-22)8-41-46(38,39)44-45(36,37)40-7-11-14(31)16(33)21(42-11)29-5-3-4-10(6-29)19(25)35/h3-6,9,11-12,14-17,21-22,31-34H,2,7-8H2,1H3,(H5-,24,25,26,27,35,36,37,38,39)/p+1/t11-,12-,14-,15-,16-,17-,21-,22-/m1/s1. The highest BCUT2D eigenvalue weighted by Gasteiger charge is 2.50. The quantitative estimate of drug-likeness (QED) is 0.0542. The predicted octanol–water partition coefficient (Wildman–Crippen LogP) is -1.90. The van der Waals surface area contributed by atoms with E-state index in [0.717, 1.165) is 0 Å². The molecule has 10 atom stereocenters. The molecule has 0 aromatic carbocycles. The van der Waals surface area contributed by atoms with Gasteiger partial charge in [0.15, 0.2) is 46.9 Å². The Hall–Kier alpha value is -2.66. The monoisotopic (exact) mass is 724 g/mol. The van der Waals surface area contributed by atoms with Crippen molar-refractivity contribution in [3.63, 3.8) is 0 Å². The van der Waals surface area contributed by atoms with Gasteiger partial charge in [-0.3, -0.25) is 18.4 Å². The highest BCUT2D eigenvalue weighted by atomic mass is 32.2. The molecule has 1 amide bonds. The van der Waals surface area contributed by atoms with E-state index in [1.165, 1.54) is 51.7 Å². The summed E-state index contributed by atoms with van der Waals surface area (Å²) in [6.45, 7) is 0.0441. The summed E-state index contributed by atoms with van der Waals surface area (Å²) in [6, 6.07) is 2.84. The van der Waals surface area contributed by atoms with Crippen LogP contribution in [0.3, 0.4) is 0 Å². The summed E-state index contributed by atoms with van der Waals surface area (Å²) in [6.07, 6.45) is -8.12. The number of nitrogen functional groups attached to an aromatic ring is 1. The van der Waals surface area contributed by atoms with Crippen molar-refractivity contribution in [2.24, 2.45) is 5.73 Å². The van der Waals surface area contributed by atoms with Crippen LogP contribution in [-0.4, -0.2) is 111 Å². The Labute approximate surface area is 269 Å². The first-order chi connectivity index (χ1) is 22.1. The van der Waals surface area contributed by atoms with Crippen LogP contribution in [0.15, 0.2) is 36.0 Å². The maximum atomic E-state index is 12.6. The Bertz CT molecular complexity index is 1720. The fraction of sp³-hybridized carbons (Fsp3) is 0.522. The lowest BCUT2D eigenvalue weighted by Crippen LogP contribution is -2.46. The zero-order chi connectivity index (χ0) is 34.3. The molecule has 2 aliphatic rings. The lowest BCUT2D eigenvalue weighted by molar-refractivity contribution is -0.765. The van der Waals surface area contributed by atoms with E-state index >= 15 is 0 Å². The summed E-state index contributed by atoms with van der Waals surface area (Å²) >= 11 is 1.26. The normalized spacial score (nSPS) is 30.4. The van der Waals surface area contributed by atoms with E-state index in [1.807, 2.05) is 6.92 Å². The molecule has 0 aliphatic carbocycles. The number of pyridine rings is 1. The number of amides is 1. The van der Waals surface area contributed by atoms with Crippen molar-refractivity contribution in [3.8, 4) is 0 Å². The second-order valence-electron chi connectivity index (χ2n) is 10.2. The first kappa shape index (κ1) is 35.6. The number of phosphoric acid groups is 2. The molecule has 3 aromatic rings. The number of aromatic nitrogens is 5. The average molecular weight is 725 g/mol. The summed E-state index contributed by atoms with van der Waals surface area (Å²) in [4.78, 5) is 44.1. The molecule has 2 saturated heterocycles. The van der Waals surface area contributed by atoms with Crippen LogP contribution in [0.5, 0.6) is 0 Å². The molecule has 2 unspecified atom stereocenters. The van der Waals surface area contributed by atoms with Crippen LogP contribution in [0.2, 0.25) is 0 Å². The summed E-state index contributed by atoms with van der Waals surface area (Å²) in [7, 11) is -10.8. The molecule has 0 spiro atoms. The third-order valence-corrected chi connectivity index (χ3v) is 10.5. The number of aliphatic hydroxyl groups excluding tert-OH is 4. The number of phosphoric ester groups is 2. The second kappa shape index (κ2) is 14.1. The van der Waals surface area contributed by atoms with Crippen molar-refractivity contribution in [2.75, 3.05) is 24.7 Å². The zero-order valence-electron chi connectivity index (χ0n) is 24.3. The van der Waals surface area contributed by atoms with Crippen molar-refractivity contribution < 1.29 is 71.5 Å². The maximum Gasteiger partial charge on any atom is 0.481 e. The van der Waals surface area contributed by atoms with Gasteiger partial charge in [-0.15, -0.1) is 0 Å². The highest BCUT2D eigenvalue weighted by molar-refractivity contribution is 7.99. The topological polar surface area (TPSA) is 318 Å². The minimum Gasteiger partial charge on any atom is -0.387 e. The molecule has 0 radical (unpaired) electrons. The van der Waals surface area contributed by atoms with Crippen LogP contribution < -0.4 is 16.0 Å². The maximum absolute atomic E-state index is 12.6. The van der Waals surface area contributed by atoms with Crippen molar-refractivity contribution in [3.05, 3.63) is 36.4 Å². The number of hydrogen-bond acceptors (Lipinski definition) is 17. The number of primary amides is 1. The van der Waals surface area contributed by atoms with E-state index in [2.05, 4.69) is 19.3 Å². The lowest BCUT2D eigenvalue weighted by atomic mass is 10.1. The van der Waals surface area contributed by atoms with E-state index in [1.54, 1.807) is 0 Å². The third kappa shape index (κ3) is 7.66. The molecule has 0 bridgehead atoms. The van der Waals surface area contributed by atoms with Gasteiger partial charge < -0.3 is 51.2 Å². The minimum absolute atomic E-state index is 0.0625. The summed E-state index contributed by atoms with van der Waals surface area (Å²) in [5.41, 5.74) is 11.6. The zero-order valence-corrected chi connectivity index (χ0v) is 26.9. The number of rotatable bonds is 13. The van der Waals surface area contributed by atoms with E-state index in [4.69, 9.17) is 30.0 Å².